The van der Waals surface area contributed by atoms with Gasteiger partial charge in [-0.25, -0.2) is 14.4 Å². The van der Waals surface area contributed by atoms with E-state index in [4.69, 9.17) is 14.2 Å². The molecule has 1 atom stereocenters. The van der Waals surface area contributed by atoms with Crippen LogP contribution in [0.25, 0.3) is 0 Å². The molecule has 0 fully saturated rings. The minimum Gasteiger partial charge on any atom is -0.462 e. The lowest BCUT2D eigenvalue weighted by Crippen LogP contribution is -2.27. The van der Waals surface area contributed by atoms with Crippen LogP contribution >= 0.6 is 0 Å². The Morgan fingerprint density at radius 2 is 1.19 bits per heavy atom. The van der Waals surface area contributed by atoms with E-state index in [1.807, 2.05) is 0 Å². The van der Waals surface area contributed by atoms with Crippen LogP contribution in [-0.2, 0) is 28.6 Å². The molecule has 0 aliphatic carbocycles. The zero-order valence-corrected chi connectivity index (χ0v) is 20.3. The molecular formula is C26H42O6. The van der Waals surface area contributed by atoms with E-state index in [2.05, 4.69) is 26.7 Å². The van der Waals surface area contributed by atoms with Gasteiger partial charge in [-0.2, -0.15) is 0 Å². The van der Waals surface area contributed by atoms with Gasteiger partial charge in [-0.05, 0) is 20.3 Å². The summed E-state index contributed by atoms with van der Waals surface area (Å²) < 4.78 is 15.6. The van der Waals surface area contributed by atoms with Crippen molar-refractivity contribution < 1.29 is 28.6 Å². The third-order valence-electron chi connectivity index (χ3n) is 4.86. The average molecular weight is 451 g/mol. The highest BCUT2D eigenvalue weighted by Crippen LogP contribution is 2.14. The normalized spacial score (nSPS) is 11.3. The second-order valence-electron chi connectivity index (χ2n) is 8.31. The van der Waals surface area contributed by atoms with Gasteiger partial charge < -0.3 is 14.2 Å². The summed E-state index contributed by atoms with van der Waals surface area (Å²) in [6.07, 6.45) is 11.1. The Morgan fingerprint density at radius 1 is 0.688 bits per heavy atom. The minimum absolute atomic E-state index is 0.000640. The van der Waals surface area contributed by atoms with E-state index >= 15 is 0 Å². The Morgan fingerprint density at radius 3 is 1.69 bits per heavy atom. The summed E-state index contributed by atoms with van der Waals surface area (Å²) in [5.74, 6) is -1.77. The van der Waals surface area contributed by atoms with Gasteiger partial charge in [-0.15, -0.1) is 0 Å². The van der Waals surface area contributed by atoms with Crippen molar-refractivity contribution in [2.24, 2.45) is 0 Å². The van der Waals surface area contributed by atoms with E-state index in [9.17, 15) is 14.4 Å². The zero-order chi connectivity index (χ0) is 24.4. The van der Waals surface area contributed by atoms with Gasteiger partial charge in [0.05, 0.1) is 6.61 Å². The summed E-state index contributed by atoms with van der Waals surface area (Å²) in [4.78, 5) is 35.7. The SMILES string of the molecule is C=C(C)C(=O)OCC(CC(=C)C(=O)OCCCCCCCCCCCC)OC(=O)C(=C)C. The lowest BCUT2D eigenvalue weighted by atomic mass is 10.1. The molecule has 0 heterocycles. The molecule has 0 radical (unpaired) electrons. The van der Waals surface area contributed by atoms with Crippen LogP contribution in [-0.4, -0.2) is 37.2 Å². The lowest BCUT2D eigenvalue weighted by molar-refractivity contribution is -0.154. The highest BCUT2D eigenvalue weighted by molar-refractivity contribution is 5.89. The summed E-state index contributed by atoms with van der Waals surface area (Å²) in [7, 11) is 0. The molecule has 6 heteroatoms. The maximum absolute atomic E-state index is 12.2. The van der Waals surface area contributed by atoms with Crippen LogP contribution in [0, 0.1) is 0 Å². The molecule has 6 nitrogen and oxygen atoms in total. The van der Waals surface area contributed by atoms with Crippen molar-refractivity contribution in [2.45, 2.75) is 97.5 Å². The van der Waals surface area contributed by atoms with Crippen molar-refractivity contribution in [1.82, 2.24) is 0 Å². The third kappa shape index (κ3) is 15.4. The number of carbonyl (C=O) groups excluding carboxylic acids is 3. The van der Waals surface area contributed by atoms with Crippen molar-refractivity contribution in [3.05, 3.63) is 36.5 Å². The van der Waals surface area contributed by atoms with E-state index in [-0.39, 0.29) is 29.7 Å². The van der Waals surface area contributed by atoms with Gasteiger partial charge >= 0.3 is 17.9 Å². The second kappa shape index (κ2) is 18.2. The van der Waals surface area contributed by atoms with E-state index in [0.717, 1.165) is 19.3 Å². The van der Waals surface area contributed by atoms with Crippen molar-refractivity contribution in [3.63, 3.8) is 0 Å². The largest absolute Gasteiger partial charge is 0.462 e. The monoisotopic (exact) mass is 450 g/mol. The van der Waals surface area contributed by atoms with Gasteiger partial charge in [0.2, 0.25) is 0 Å². The third-order valence-corrected chi connectivity index (χ3v) is 4.86. The van der Waals surface area contributed by atoms with E-state index in [0.29, 0.717) is 6.61 Å². The van der Waals surface area contributed by atoms with E-state index < -0.39 is 24.0 Å². The number of hydrogen-bond donors (Lipinski definition) is 0. The average Bonchev–Trinajstić information content (AvgIpc) is 2.74. The molecule has 0 aromatic heterocycles. The molecule has 32 heavy (non-hydrogen) atoms. The molecule has 1 unspecified atom stereocenters. The molecule has 0 aliphatic heterocycles. The molecule has 0 bridgehead atoms. The molecular weight excluding hydrogens is 408 g/mol. The number of esters is 3. The Bertz CT molecular complexity index is 634. The lowest BCUT2D eigenvalue weighted by Gasteiger charge is -2.19. The Kier molecular flexibility index (Phi) is 16.9. The maximum Gasteiger partial charge on any atom is 0.333 e. The fraction of sp³-hybridized carbons (Fsp3) is 0.654. The van der Waals surface area contributed by atoms with Gasteiger partial charge in [0.15, 0.2) is 0 Å². The van der Waals surface area contributed by atoms with Crippen LogP contribution in [0.15, 0.2) is 36.5 Å². The summed E-state index contributed by atoms with van der Waals surface area (Å²) in [6, 6.07) is 0. The highest BCUT2D eigenvalue weighted by Gasteiger charge is 2.22. The molecule has 182 valence electrons. The van der Waals surface area contributed by atoms with Crippen molar-refractivity contribution in [2.75, 3.05) is 13.2 Å². The predicted molar refractivity (Wildman–Crippen MR) is 127 cm³/mol. The predicted octanol–water partition coefficient (Wildman–Crippen LogP) is 6.00. The molecule has 0 saturated carbocycles. The van der Waals surface area contributed by atoms with Gasteiger partial charge in [0.25, 0.3) is 0 Å². The molecule has 0 saturated heterocycles. The standard InChI is InChI=1S/C26H42O6/c1-7-8-9-10-11-12-13-14-15-16-17-30-26(29)22(6)18-23(32-25(28)21(4)5)19-31-24(27)20(2)3/h23H,2,4,6-19H2,1,3,5H3. The molecule has 0 aliphatic rings. The second-order valence-corrected chi connectivity index (χ2v) is 8.31. The van der Waals surface area contributed by atoms with E-state index in [1.165, 1.54) is 58.8 Å². The van der Waals surface area contributed by atoms with Crippen LogP contribution in [0.2, 0.25) is 0 Å². The van der Waals surface area contributed by atoms with Crippen LogP contribution in [0.1, 0.15) is 91.4 Å². The summed E-state index contributed by atoms with van der Waals surface area (Å²) in [5, 5.41) is 0. The summed E-state index contributed by atoms with van der Waals surface area (Å²) in [5.41, 5.74) is 0.586. The van der Waals surface area contributed by atoms with Crippen LogP contribution < -0.4 is 0 Å². The minimum atomic E-state index is -0.861. The maximum atomic E-state index is 12.2. The van der Waals surface area contributed by atoms with Crippen LogP contribution in [0.4, 0.5) is 0 Å². The molecule has 0 N–H and O–H groups in total. The van der Waals surface area contributed by atoms with Gasteiger partial charge in [-0.1, -0.05) is 84.4 Å². The number of unbranched alkanes of at least 4 members (excludes halogenated alkanes) is 9. The Labute approximate surface area is 194 Å². The first-order valence-corrected chi connectivity index (χ1v) is 11.7. The Balaban J connectivity index is 4.21. The zero-order valence-electron chi connectivity index (χ0n) is 20.3. The van der Waals surface area contributed by atoms with E-state index in [1.54, 1.807) is 0 Å². The summed E-state index contributed by atoms with van der Waals surface area (Å²) >= 11 is 0. The number of carbonyl (C=O) groups is 3. The molecule has 0 rings (SSSR count). The Hall–Kier alpha value is -2.37. The van der Waals surface area contributed by atoms with Crippen LogP contribution in [0.5, 0.6) is 0 Å². The quantitative estimate of drug-likeness (QED) is 0.104. The van der Waals surface area contributed by atoms with Crippen molar-refractivity contribution in [1.29, 1.82) is 0 Å². The first-order valence-electron chi connectivity index (χ1n) is 11.7. The fourth-order valence-corrected chi connectivity index (χ4v) is 2.89. The summed E-state index contributed by atoms with van der Waals surface area (Å²) in [6.45, 7) is 16.1. The van der Waals surface area contributed by atoms with Crippen molar-refractivity contribution in [3.8, 4) is 0 Å². The fourth-order valence-electron chi connectivity index (χ4n) is 2.89. The van der Waals surface area contributed by atoms with Crippen LogP contribution in [0.3, 0.4) is 0 Å². The molecule has 0 aromatic carbocycles. The molecule has 0 spiro atoms. The molecule has 0 amide bonds. The van der Waals surface area contributed by atoms with Gasteiger partial charge in [0.1, 0.15) is 12.7 Å². The topological polar surface area (TPSA) is 78.9 Å². The van der Waals surface area contributed by atoms with Crippen molar-refractivity contribution >= 4 is 17.9 Å². The van der Waals surface area contributed by atoms with Gasteiger partial charge in [-0.3, -0.25) is 0 Å². The van der Waals surface area contributed by atoms with Gasteiger partial charge in [0, 0.05) is 23.1 Å². The number of rotatable bonds is 19. The number of ether oxygens (including phenoxy) is 3. The first kappa shape index (κ1) is 29.6. The molecule has 0 aromatic rings. The first-order chi connectivity index (χ1) is 15.2. The highest BCUT2D eigenvalue weighted by atomic mass is 16.6. The smallest absolute Gasteiger partial charge is 0.333 e. The number of hydrogen-bond acceptors (Lipinski definition) is 6.